The van der Waals surface area contributed by atoms with Gasteiger partial charge in [-0.25, -0.2) is 0 Å². The van der Waals surface area contributed by atoms with Crippen LogP contribution in [0.25, 0.3) is 10.9 Å². The monoisotopic (exact) mass is 363 g/mol. The Bertz CT molecular complexity index is 777. The number of likely N-dealkylation sites (tertiary alicyclic amines) is 1. The summed E-state index contributed by atoms with van der Waals surface area (Å²) in [6.45, 7) is -1.17. The first kappa shape index (κ1) is 18.1. The van der Waals surface area contributed by atoms with Crippen molar-refractivity contribution in [3.63, 3.8) is 0 Å². The Kier molecular flexibility index (Phi) is 4.75. The second kappa shape index (κ2) is 6.31. The predicted molar refractivity (Wildman–Crippen MR) is 79.9 cm³/mol. The average Bonchev–Trinajstić information content (AvgIpc) is 3.10. The second-order valence-corrected chi connectivity index (χ2v) is 5.42. The van der Waals surface area contributed by atoms with E-state index < -0.39 is 43.0 Å². The van der Waals surface area contributed by atoms with Crippen LogP contribution in [0.5, 0.6) is 0 Å². The molecule has 0 bridgehead atoms. The zero-order chi connectivity index (χ0) is 16.8. The van der Waals surface area contributed by atoms with Crippen LogP contribution in [0, 0.1) is 11.8 Å². The van der Waals surface area contributed by atoms with Gasteiger partial charge in [-0.05, 0) is 6.07 Å². The number of hydrogen-bond acceptors (Lipinski definition) is 3. The number of hydrogen-bond donors (Lipinski definition) is 2. The summed E-state index contributed by atoms with van der Waals surface area (Å²) >= 11 is 0. The highest BCUT2D eigenvalue weighted by Gasteiger charge is 2.53. The lowest BCUT2D eigenvalue weighted by molar-refractivity contribution is -0.187. The van der Waals surface area contributed by atoms with Crippen LogP contribution in [0.1, 0.15) is 10.5 Å². The van der Waals surface area contributed by atoms with E-state index in [2.05, 4.69) is 10.2 Å². The predicted octanol–water partition coefficient (Wildman–Crippen LogP) is 2.32. The fraction of sp³-hybridized carbons (Fsp3) is 0.357. The summed E-state index contributed by atoms with van der Waals surface area (Å²) in [5.41, 5.74) is 0.574. The van der Waals surface area contributed by atoms with Crippen LogP contribution in [0.2, 0.25) is 0 Å². The number of carboxylic acid groups (broad SMARTS) is 1. The summed E-state index contributed by atoms with van der Waals surface area (Å²) in [4.78, 5) is 24.4. The fourth-order valence-corrected chi connectivity index (χ4v) is 2.83. The van der Waals surface area contributed by atoms with Crippen molar-refractivity contribution in [2.24, 2.45) is 11.8 Å². The summed E-state index contributed by atoms with van der Waals surface area (Å²) in [5.74, 6) is -6.01. The maximum Gasteiger partial charge on any atom is 0.394 e. The number of nitrogens with one attached hydrogen (secondary N) is 1. The first-order valence-electron chi connectivity index (χ1n) is 6.81. The van der Waals surface area contributed by atoms with Gasteiger partial charge in [-0.2, -0.15) is 18.3 Å². The van der Waals surface area contributed by atoms with Crippen molar-refractivity contribution >= 4 is 35.2 Å². The topological polar surface area (TPSA) is 86.3 Å². The standard InChI is InChI=1S/C14H12F3N3O3.ClH/c15-14(16,17)9-6-20(5-8(9)13(22)23)12(21)11-7-3-1-2-4-10(7)18-19-11;/h1-4,8-9H,5-6H2,(H,18,19)(H,22,23);1H/t8-,9-;/m1./s1. The lowest BCUT2D eigenvalue weighted by Crippen LogP contribution is -2.34. The van der Waals surface area contributed by atoms with E-state index in [1.54, 1.807) is 24.3 Å². The van der Waals surface area contributed by atoms with Gasteiger partial charge in [0.2, 0.25) is 0 Å². The number of alkyl halides is 3. The van der Waals surface area contributed by atoms with Gasteiger partial charge >= 0.3 is 12.1 Å². The minimum atomic E-state index is -4.67. The lowest BCUT2D eigenvalue weighted by atomic mass is 9.96. The third-order valence-corrected chi connectivity index (χ3v) is 4.02. The lowest BCUT2D eigenvalue weighted by Gasteiger charge is -2.18. The number of amides is 1. The van der Waals surface area contributed by atoms with Crippen LogP contribution in [0.3, 0.4) is 0 Å². The van der Waals surface area contributed by atoms with Gasteiger partial charge in [-0.3, -0.25) is 14.7 Å². The molecule has 2 atom stereocenters. The summed E-state index contributed by atoms with van der Waals surface area (Å²) in [6, 6.07) is 6.71. The summed E-state index contributed by atoms with van der Waals surface area (Å²) in [5, 5.41) is 16.0. The van der Waals surface area contributed by atoms with Crippen molar-refractivity contribution in [2.75, 3.05) is 13.1 Å². The molecular formula is C14H13ClF3N3O3. The number of aromatic nitrogens is 2. The van der Waals surface area contributed by atoms with E-state index in [9.17, 15) is 22.8 Å². The van der Waals surface area contributed by atoms with E-state index in [1.165, 1.54) is 0 Å². The molecule has 1 aliphatic heterocycles. The Morgan fingerprint density at radius 3 is 2.50 bits per heavy atom. The highest BCUT2D eigenvalue weighted by atomic mass is 35.5. The summed E-state index contributed by atoms with van der Waals surface area (Å²) < 4.78 is 38.9. The molecule has 1 aromatic carbocycles. The van der Waals surface area contributed by atoms with E-state index in [0.29, 0.717) is 10.9 Å². The quantitative estimate of drug-likeness (QED) is 0.857. The first-order valence-corrected chi connectivity index (χ1v) is 6.81. The van der Waals surface area contributed by atoms with E-state index in [0.717, 1.165) is 4.90 Å². The third kappa shape index (κ3) is 3.03. The molecule has 2 N–H and O–H groups in total. The van der Waals surface area contributed by atoms with Crippen molar-refractivity contribution < 1.29 is 27.9 Å². The van der Waals surface area contributed by atoms with E-state index in [4.69, 9.17) is 5.11 Å². The van der Waals surface area contributed by atoms with Gasteiger partial charge in [0.25, 0.3) is 5.91 Å². The van der Waals surface area contributed by atoms with Crippen LogP contribution in [0.15, 0.2) is 24.3 Å². The molecule has 2 heterocycles. The molecule has 1 amide bonds. The van der Waals surface area contributed by atoms with Crippen LogP contribution >= 0.6 is 12.4 Å². The summed E-state index contributed by atoms with van der Waals surface area (Å²) in [6.07, 6.45) is -4.67. The number of nitrogens with zero attached hydrogens (tertiary/aromatic N) is 2. The minimum Gasteiger partial charge on any atom is -0.481 e. The van der Waals surface area contributed by atoms with Crippen LogP contribution in [-0.4, -0.2) is 51.3 Å². The molecule has 0 spiro atoms. The molecule has 3 rings (SSSR count). The van der Waals surface area contributed by atoms with Gasteiger partial charge in [0.05, 0.1) is 17.4 Å². The largest absolute Gasteiger partial charge is 0.481 e. The average molecular weight is 364 g/mol. The molecule has 10 heteroatoms. The van der Waals surface area contributed by atoms with Crippen molar-refractivity contribution in [1.82, 2.24) is 15.1 Å². The number of halogens is 4. The van der Waals surface area contributed by atoms with Gasteiger partial charge in [0, 0.05) is 18.5 Å². The number of H-pyrrole nitrogens is 1. The Balaban J connectivity index is 0.00000208. The highest BCUT2D eigenvalue weighted by Crippen LogP contribution is 2.38. The summed E-state index contributed by atoms with van der Waals surface area (Å²) in [7, 11) is 0. The number of para-hydroxylation sites is 1. The van der Waals surface area contributed by atoms with Crippen molar-refractivity contribution in [3.8, 4) is 0 Å². The molecule has 2 aromatic rings. The normalized spacial score (nSPS) is 20.9. The van der Waals surface area contributed by atoms with Gasteiger partial charge in [-0.1, -0.05) is 18.2 Å². The van der Waals surface area contributed by atoms with E-state index in [1.807, 2.05) is 0 Å². The van der Waals surface area contributed by atoms with Gasteiger partial charge in [0.15, 0.2) is 5.69 Å². The minimum absolute atomic E-state index is 0. The molecule has 0 aliphatic carbocycles. The smallest absolute Gasteiger partial charge is 0.394 e. The molecule has 0 radical (unpaired) electrons. The van der Waals surface area contributed by atoms with Crippen LogP contribution in [-0.2, 0) is 4.79 Å². The molecule has 130 valence electrons. The molecule has 24 heavy (non-hydrogen) atoms. The molecule has 0 unspecified atom stereocenters. The van der Waals surface area contributed by atoms with Crippen LogP contribution < -0.4 is 0 Å². The number of rotatable bonds is 2. The van der Waals surface area contributed by atoms with Crippen molar-refractivity contribution in [1.29, 1.82) is 0 Å². The molecule has 6 nitrogen and oxygen atoms in total. The molecule has 1 aliphatic rings. The van der Waals surface area contributed by atoms with Gasteiger partial charge in [-0.15, -0.1) is 12.4 Å². The zero-order valence-electron chi connectivity index (χ0n) is 12.1. The number of benzene rings is 1. The first-order chi connectivity index (χ1) is 10.8. The SMILES string of the molecule is Cl.O=C(O)[C@@H]1CN(C(=O)c2n[nH]c3ccccc23)C[C@H]1C(F)(F)F. The number of fused-ring (bicyclic) bond motifs is 1. The Morgan fingerprint density at radius 2 is 1.92 bits per heavy atom. The number of aliphatic carboxylic acids is 1. The zero-order valence-corrected chi connectivity index (χ0v) is 12.9. The number of carboxylic acids is 1. The fourth-order valence-electron chi connectivity index (χ4n) is 2.83. The molecular weight excluding hydrogens is 351 g/mol. The number of aromatic amines is 1. The molecule has 1 fully saturated rings. The highest BCUT2D eigenvalue weighted by molar-refractivity contribution is 6.04. The van der Waals surface area contributed by atoms with E-state index >= 15 is 0 Å². The van der Waals surface area contributed by atoms with Gasteiger partial charge < -0.3 is 10.0 Å². The third-order valence-electron chi connectivity index (χ3n) is 4.02. The Morgan fingerprint density at radius 1 is 1.25 bits per heavy atom. The Hall–Kier alpha value is -2.29. The Labute approximate surface area is 140 Å². The van der Waals surface area contributed by atoms with Crippen molar-refractivity contribution in [2.45, 2.75) is 6.18 Å². The molecule has 1 aromatic heterocycles. The molecule has 1 saturated heterocycles. The van der Waals surface area contributed by atoms with Crippen molar-refractivity contribution in [3.05, 3.63) is 30.0 Å². The van der Waals surface area contributed by atoms with Gasteiger partial charge in [0.1, 0.15) is 0 Å². The number of carbonyl (C=O) groups is 2. The maximum absolute atomic E-state index is 13.0. The van der Waals surface area contributed by atoms with Crippen LogP contribution in [0.4, 0.5) is 13.2 Å². The van der Waals surface area contributed by atoms with E-state index in [-0.39, 0.29) is 18.1 Å². The maximum atomic E-state index is 13.0. The number of carbonyl (C=O) groups excluding carboxylic acids is 1. The second-order valence-electron chi connectivity index (χ2n) is 5.42. The molecule has 0 saturated carbocycles.